The van der Waals surface area contributed by atoms with Crippen LogP contribution < -0.4 is 4.74 Å². The van der Waals surface area contributed by atoms with E-state index in [0.29, 0.717) is 30.5 Å². The molecule has 0 aliphatic carbocycles. The molecule has 0 spiro atoms. The van der Waals surface area contributed by atoms with Crippen LogP contribution in [0, 0.1) is 12.8 Å². The van der Waals surface area contributed by atoms with Gasteiger partial charge in [0.2, 0.25) is 10.0 Å². The van der Waals surface area contributed by atoms with Crippen LogP contribution in [0.25, 0.3) is 11.3 Å². The molecule has 0 atom stereocenters. The Morgan fingerprint density at radius 3 is 2.54 bits per heavy atom. The first-order chi connectivity index (χ1) is 11.4. The first-order valence-corrected chi connectivity index (χ1v) is 9.47. The molecular formula is C17H22N2O4S. The van der Waals surface area contributed by atoms with Gasteiger partial charge < -0.3 is 9.26 Å². The highest BCUT2D eigenvalue weighted by molar-refractivity contribution is 7.89. The highest BCUT2D eigenvalue weighted by atomic mass is 32.2. The zero-order chi connectivity index (χ0) is 17.3. The van der Waals surface area contributed by atoms with Gasteiger partial charge in [0, 0.05) is 24.7 Å². The Morgan fingerprint density at radius 2 is 1.96 bits per heavy atom. The van der Waals surface area contributed by atoms with Crippen LogP contribution in [0.2, 0.25) is 0 Å². The van der Waals surface area contributed by atoms with Crippen molar-refractivity contribution < 1.29 is 17.7 Å². The van der Waals surface area contributed by atoms with Gasteiger partial charge in [-0.1, -0.05) is 12.1 Å². The second kappa shape index (κ2) is 6.57. The van der Waals surface area contributed by atoms with Crippen molar-refractivity contribution in [1.82, 2.24) is 9.46 Å². The monoisotopic (exact) mass is 350 g/mol. The lowest BCUT2D eigenvalue weighted by molar-refractivity contribution is 0.287. The van der Waals surface area contributed by atoms with E-state index in [1.54, 1.807) is 28.6 Å². The summed E-state index contributed by atoms with van der Waals surface area (Å²) in [6.07, 6.45) is 1.77. The molecule has 0 radical (unpaired) electrons. The van der Waals surface area contributed by atoms with Crippen molar-refractivity contribution in [2.24, 2.45) is 5.92 Å². The van der Waals surface area contributed by atoms with Gasteiger partial charge in [0.05, 0.1) is 12.8 Å². The SMILES string of the molecule is COc1cc(-c2cc(C)no2)ccc1S(=O)(=O)N1CCC(C)CC1. The van der Waals surface area contributed by atoms with Gasteiger partial charge in [0.1, 0.15) is 10.6 Å². The first kappa shape index (κ1) is 17.0. The van der Waals surface area contributed by atoms with Crippen molar-refractivity contribution in [2.45, 2.75) is 31.6 Å². The molecule has 1 aromatic heterocycles. The molecule has 0 unspecified atom stereocenters. The number of hydrogen-bond donors (Lipinski definition) is 0. The number of hydrogen-bond acceptors (Lipinski definition) is 5. The van der Waals surface area contributed by atoms with E-state index in [-0.39, 0.29) is 4.90 Å². The number of sulfonamides is 1. The summed E-state index contributed by atoms with van der Waals surface area (Å²) < 4.78 is 38.0. The van der Waals surface area contributed by atoms with Crippen molar-refractivity contribution >= 4 is 10.0 Å². The van der Waals surface area contributed by atoms with Crippen molar-refractivity contribution in [3.8, 4) is 17.1 Å². The third-order valence-corrected chi connectivity index (χ3v) is 6.37. The maximum Gasteiger partial charge on any atom is 0.246 e. The van der Waals surface area contributed by atoms with Gasteiger partial charge in [0.25, 0.3) is 0 Å². The van der Waals surface area contributed by atoms with Gasteiger partial charge in [-0.05, 0) is 43.9 Å². The Bertz CT molecular complexity index is 821. The molecule has 1 aliphatic rings. The van der Waals surface area contributed by atoms with Crippen LogP contribution in [0.4, 0.5) is 0 Å². The van der Waals surface area contributed by atoms with E-state index in [1.165, 1.54) is 7.11 Å². The third kappa shape index (κ3) is 3.18. The molecule has 1 aliphatic heterocycles. The number of aryl methyl sites for hydroxylation is 1. The van der Waals surface area contributed by atoms with Gasteiger partial charge in [-0.15, -0.1) is 0 Å². The maximum atomic E-state index is 12.9. The largest absolute Gasteiger partial charge is 0.495 e. The average Bonchev–Trinajstić information content (AvgIpc) is 3.01. The maximum absolute atomic E-state index is 12.9. The van der Waals surface area contributed by atoms with Crippen molar-refractivity contribution in [2.75, 3.05) is 20.2 Å². The summed E-state index contributed by atoms with van der Waals surface area (Å²) in [6, 6.07) is 6.79. The van der Waals surface area contributed by atoms with E-state index in [4.69, 9.17) is 9.26 Å². The molecule has 1 saturated heterocycles. The fourth-order valence-corrected chi connectivity index (χ4v) is 4.50. The molecule has 3 rings (SSSR count). The summed E-state index contributed by atoms with van der Waals surface area (Å²) in [6.45, 7) is 5.09. The Labute approximate surface area is 142 Å². The minimum atomic E-state index is -3.56. The number of aromatic nitrogens is 1. The first-order valence-electron chi connectivity index (χ1n) is 8.03. The summed E-state index contributed by atoms with van der Waals surface area (Å²) in [5, 5.41) is 3.86. The predicted octanol–water partition coefficient (Wildman–Crippen LogP) is 3.08. The molecule has 1 fully saturated rings. The average molecular weight is 350 g/mol. The smallest absolute Gasteiger partial charge is 0.246 e. The minimum Gasteiger partial charge on any atom is -0.495 e. The van der Waals surface area contributed by atoms with E-state index >= 15 is 0 Å². The highest BCUT2D eigenvalue weighted by Gasteiger charge is 2.30. The van der Waals surface area contributed by atoms with Crippen LogP contribution in [-0.4, -0.2) is 38.1 Å². The van der Waals surface area contributed by atoms with Gasteiger partial charge in [-0.2, -0.15) is 4.31 Å². The van der Waals surface area contributed by atoms with Crippen molar-refractivity contribution in [1.29, 1.82) is 0 Å². The van der Waals surface area contributed by atoms with E-state index in [2.05, 4.69) is 12.1 Å². The Hall–Kier alpha value is -1.86. The molecule has 24 heavy (non-hydrogen) atoms. The van der Waals surface area contributed by atoms with E-state index in [1.807, 2.05) is 6.92 Å². The molecule has 2 aromatic rings. The number of methoxy groups -OCH3 is 1. The van der Waals surface area contributed by atoms with Crippen LogP contribution in [0.3, 0.4) is 0 Å². The zero-order valence-corrected chi connectivity index (χ0v) is 15.0. The standard InChI is InChI=1S/C17H22N2O4S/c1-12-6-8-19(9-7-12)24(20,21)17-5-4-14(11-16(17)22-3)15-10-13(2)18-23-15/h4-5,10-12H,6-9H2,1-3H3. The molecule has 0 saturated carbocycles. The number of rotatable bonds is 4. The fraction of sp³-hybridized carbons (Fsp3) is 0.471. The molecule has 6 nitrogen and oxygen atoms in total. The Morgan fingerprint density at radius 1 is 1.25 bits per heavy atom. The Balaban J connectivity index is 1.95. The number of ether oxygens (including phenoxy) is 1. The van der Waals surface area contributed by atoms with Crippen molar-refractivity contribution in [3.05, 3.63) is 30.0 Å². The minimum absolute atomic E-state index is 0.194. The Kier molecular flexibility index (Phi) is 4.64. The summed E-state index contributed by atoms with van der Waals surface area (Å²) >= 11 is 0. The quantitative estimate of drug-likeness (QED) is 0.847. The molecular weight excluding hydrogens is 328 g/mol. The molecule has 0 amide bonds. The lowest BCUT2D eigenvalue weighted by atomic mass is 10.0. The fourth-order valence-electron chi connectivity index (χ4n) is 2.90. The topological polar surface area (TPSA) is 72.6 Å². The third-order valence-electron chi connectivity index (χ3n) is 4.44. The van der Waals surface area contributed by atoms with Gasteiger partial charge >= 0.3 is 0 Å². The van der Waals surface area contributed by atoms with Crippen LogP contribution >= 0.6 is 0 Å². The summed E-state index contributed by atoms with van der Waals surface area (Å²) in [5.74, 6) is 1.47. The summed E-state index contributed by atoms with van der Waals surface area (Å²) in [4.78, 5) is 0.194. The van der Waals surface area contributed by atoms with Crippen LogP contribution in [0.5, 0.6) is 5.75 Å². The predicted molar refractivity (Wildman–Crippen MR) is 90.4 cm³/mol. The second-order valence-corrected chi connectivity index (χ2v) is 8.19. The van der Waals surface area contributed by atoms with Crippen LogP contribution in [0.1, 0.15) is 25.5 Å². The molecule has 130 valence electrons. The van der Waals surface area contributed by atoms with Crippen molar-refractivity contribution in [3.63, 3.8) is 0 Å². The van der Waals surface area contributed by atoms with E-state index in [0.717, 1.165) is 24.1 Å². The van der Waals surface area contributed by atoms with E-state index in [9.17, 15) is 8.42 Å². The summed E-state index contributed by atoms with van der Waals surface area (Å²) in [7, 11) is -2.09. The van der Waals surface area contributed by atoms with Gasteiger partial charge in [-0.25, -0.2) is 8.42 Å². The number of nitrogens with zero attached hydrogens (tertiary/aromatic N) is 2. The van der Waals surface area contributed by atoms with Crippen LogP contribution in [-0.2, 0) is 10.0 Å². The number of benzene rings is 1. The normalized spacial score (nSPS) is 17.1. The molecule has 0 bridgehead atoms. The zero-order valence-electron chi connectivity index (χ0n) is 14.2. The lowest BCUT2D eigenvalue weighted by Crippen LogP contribution is -2.38. The molecule has 0 N–H and O–H groups in total. The van der Waals surface area contributed by atoms with Crippen LogP contribution in [0.15, 0.2) is 33.7 Å². The van der Waals surface area contributed by atoms with E-state index < -0.39 is 10.0 Å². The van der Waals surface area contributed by atoms with Gasteiger partial charge in [-0.3, -0.25) is 0 Å². The molecule has 1 aromatic carbocycles. The molecule has 7 heteroatoms. The molecule has 2 heterocycles. The highest BCUT2D eigenvalue weighted by Crippen LogP contribution is 2.33. The summed E-state index contributed by atoms with van der Waals surface area (Å²) in [5.41, 5.74) is 1.50. The second-order valence-electron chi connectivity index (χ2n) is 6.28. The lowest BCUT2D eigenvalue weighted by Gasteiger charge is -2.29. The van der Waals surface area contributed by atoms with Gasteiger partial charge in [0.15, 0.2) is 5.76 Å². The number of piperidine rings is 1.